The van der Waals surface area contributed by atoms with E-state index in [4.69, 9.17) is 10.5 Å². The Balaban J connectivity index is 2.12. The molecule has 1 aromatic rings. The Bertz CT molecular complexity index is 482. The Hall–Kier alpha value is -1.30. The van der Waals surface area contributed by atoms with Crippen LogP contribution in [0.5, 0.6) is 5.75 Å². The predicted octanol–water partition coefficient (Wildman–Crippen LogP) is 1.62. The zero-order valence-electron chi connectivity index (χ0n) is 15.1. The standard InChI is InChI=1S/C18H32N4O/c1-20(2)12-13-23-18-7-5-6-17(21(3)4)16(18)14-22-10-8-15(19)9-11-22/h5-7,15H,8-14,19H2,1-4H3. The number of nitrogens with two attached hydrogens (primary N) is 1. The molecule has 5 nitrogen and oxygen atoms in total. The number of nitrogens with zero attached hydrogens (tertiary/aromatic N) is 3. The molecule has 1 saturated heterocycles. The molecule has 0 spiro atoms. The third-order valence-corrected chi connectivity index (χ3v) is 4.40. The van der Waals surface area contributed by atoms with E-state index in [1.807, 2.05) is 0 Å². The van der Waals surface area contributed by atoms with Crippen LogP contribution in [0.4, 0.5) is 5.69 Å². The number of anilines is 1. The average molecular weight is 320 g/mol. The molecule has 1 aliphatic heterocycles. The molecule has 0 radical (unpaired) electrons. The van der Waals surface area contributed by atoms with Crippen LogP contribution in [0.2, 0.25) is 0 Å². The Morgan fingerprint density at radius 3 is 2.48 bits per heavy atom. The van der Waals surface area contributed by atoms with Gasteiger partial charge in [-0.05, 0) is 52.2 Å². The molecule has 0 atom stereocenters. The number of benzene rings is 1. The SMILES string of the molecule is CN(C)CCOc1cccc(N(C)C)c1CN1CCC(N)CC1. The summed E-state index contributed by atoms with van der Waals surface area (Å²) in [6, 6.07) is 6.71. The summed E-state index contributed by atoms with van der Waals surface area (Å²) in [6.45, 7) is 4.70. The van der Waals surface area contributed by atoms with Gasteiger partial charge in [0.05, 0.1) is 0 Å². The maximum Gasteiger partial charge on any atom is 0.125 e. The molecule has 23 heavy (non-hydrogen) atoms. The molecule has 0 aliphatic carbocycles. The number of likely N-dealkylation sites (N-methyl/N-ethyl adjacent to an activating group) is 1. The van der Waals surface area contributed by atoms with Crippen molar-refractivity contribution in [2.75, 3.05) is 59.3 Å². The minimum absolute atomic E-state index is 0.367. The molecular weight excluding hydrogens is 288 g/mol. The average Bonchev–Trinajstić information content (AvgIpc) is 2.50. The number of hydrogen-bond acceptors (Lipinski definition) is 5. The summed E-state index contributed by atoms with van der Waals surface area (Å²) in [5, 5.41) is 0. The summed E-state index contributed by atoms with van der Waals surface area (Å²) in [5.74, 6) is 1.01. The van der Waals surface area contributed by atoms with Crippen LogP contribution in [0.1, 0.15) is 18.4 Å². The number of hydrogen-bond donors (Lipinski definition) is 1. The van der Waals surface area contributed by atoms with Crippen LogP contribution in [-0.4, -0.2) is 70.3 Å². The van der Waals surface area contributed by atoms with E-state index < -0.39 is 0 Å². The van der Waals surface area contributed by atoms with Crippen molar-refractivity contribution < 1.29 is 4.74 Å². The summed E-state index contributed by atoms with van der Waals surface area (Å²) >= 11 is 0. The second-order valence-corrected chi connectivity index (χ2v) is 6.91. The van der Waals surface area contributed by atoms with Crippen molar-refractivity contribution >= 4 is 5.69 Å². The first-order valence-corrected chi connectivity index (χ1v) is 8.52. The van der Waals surface area contributed by atoms with Gasteiger partial charge >= 0.3 is 0 Å². The van der Waals surface area contributed by atoms with Gasteiger partial charge < -0.3 is 20.3 Å². The predicted molar refractivity (Wildman–Crippen MR) is 97.3 cm³/mol. The Labute approximate surface area is 141 Å². The Kier molecular flexibility index (Phi) is 6.69. The maximum absolute atomic E-state index is 6.08. The monoisotopic (exact) mass is 320 g/mol. The minimum atomic E-state index is 0.367. The van der Waals surface area contributed by atoms with Gasteiger partial charge in [0.25, 0.3) is 0 Å². The molecule has 130 valence electrons. The molecular formula is C18H32N4O. The highest BCUT2D eigenvalue weighted by molar-refractivity contribution is 5.58. The molecule has 0 saturated carbocycles. The van der Waals surface area contributed by atoms with Crippen molar-refractivity contribution in [3.05, 3.63) is 23.8 Å². The largest absolute Gasteiger partial charge is 0.492 e. The number of piperidine rings is 1. The summed E-state index contributed by atoms with van der Waals surface area (Å²) in [7, 11) is 8.32. The smallest absolute Gasteiger partial charge is 0.125 e. The first kappa shape index (κ1) is 18.0. The normalized spacial score (nSPS) is 16.8. The fraction of sp³-hybridized carbons (Fsp3) is 0.667. The highest BCUT2D eigenvalue weighted by atomic mass is 16.5. The van der Waals surface area contributed by atoms with Crippen molar-refractivity contribution in [2.24, 2.45) is 5.73 Å². The lowest BCUT2D eigenvalue weighted by Gasteiger charge is -2.32. The van der Waals surface area contributed by atoms with Crippen molar-refractivity contribution in [3.8, 4) is 5.75 Å². The fourth-order valence-corrected chi connectivity index (χ4v) is 2.94. The van der Waals surface area contributed by atoms with Gasteiger partial charge in [0, 0.05) is 44.5 Å². The van der Waals surface area contributed by atoms with Crippen molar-refractivity contribution in [3.63, 3.8) is 0 Å². The molecule has 1 fully saturated rings. The van der Waals surface area contributed by atoms with E-state index in [0.717, 1.165) is 44.8 Å². The van der Waals surface area contributed by atoms with E-state index in [0.29, 0.717) is 12.6 Å². The number of ether oxygens (including phenoxy) is 1. The van der Waals surface area contributed by atoms with Crippen LogP contribution in [0, 0.1) is 0 Å². The van der Waals surface area contributed by atoms with Gasteiger partial charge in [-0.15, -0.1) is 0 Å². The van der Waals surface area contributed by atoms with E-state index in [1.165, 1.54) is 11.3 Å². The lowest BCUT2D eigenvalue weighted by Crippen LogP contribution is -2.39. The first-order valence-electron chi connectivity index (χ1n) is 8.52. The van der Waals surface area contributed by atoms with Gasteiger partial charge in [-0.25, -0.2) is 0 Å². The summed E-state index contributed by atoms with van der Waals surface area (Å²) < 4.78 is 6.08. The molecule has 2 rings (SSSR count). The fourth-order valence-electron chi connectivity index (χ4n) is 2.94. The van der Waals surface area contributed by atoms with Gasteiger partial charge in [-0.3, -0.25) is 4.90 Å². The van der Waals surface area contributed by atoms with E-state index in [9.17, 15) is 0 Å². The topological polar surface area (TPSA) is 45.0 Å². The second kappa shape index (κ2) is 8.52. The minimum Gasteiger partial charge on any atom is -0.492 e. The molecule has 0 bridgehead atoms. The number of likely N-dealkylation sites (tertiary alicyclic amines) is 1. The summed E-state index contributed by atoms with van der Waals surface area (Å²) in [4.78, 5) is 6.80. The van der Waals surface area contributed by atoms with Crippen molar-refractivity contribution in [2.45, 2.75) is 25.4 Å². The lowest BCUT2D eigenvalue weighted by atomic mass is 10.0. The van der Waals surface area contributed by atoms with E-state index in [2.05, 4.69) is 61.1 Å². The molecule has 2 N–H and O–H groups in total. The van der Waals surface area contributed by atoms with Crippen molar-refractivity contribution in [1.29, 1.82) is 0 Å². The molecule has 1 heterocycles. The zero-order chi connectivity index (χ0) is 16.8. The summed E-state index contributed by atoms with van der Waals surface area (Å²) in [6.07, 6.45) is 2.17. The Morgan fingerprint density at radius 1 is 1.17 bits per heavy atom. The van der Waals surface area contributed by atoms with E-state index >= 15 is 0 Å². The van der Waals surface area contributed by atoms with Gasteiger partial charge in [0.2, 0.25) is 0 Å². The lowest BCUT2D eigenvalue weighted by molar-refractivity contribution is 0.200. The van der Waals surface area contributed by atoms with Crippen LogP contribution in [-0.2, 0) is 6.54 Å². The highest BCUT2D eigenvalue weighted by Crippen LogP contribution is 2.30. The molecule has 1 aromatic carbocycles. The maximum atomic E-state index is 6.08. The first-order chi connectivity index (χ1) is 11.0. The van der Waals surface area contributed by atoms with Crippen LogP contribution in [0.25, 0.3) is 0 Å². The van der Waals surface area contributed by atoms with E-state index in [-0.39, 0.29) is 0 Å². The summed E-state index contributed by atoms with van der Waals surface area (Å²) in [5.41, 5.74) is 8.55. The van der Waals surface area contributed by atoms with Crippen LogP contribution in [0.15, 0.2) is 18.2 Å². The van der Waals surface area contributed by atoms with Gasteiger partial charge in [0.1, 0.15) is 12.4 Å². The quantitative estimate of drug-likeness (QED) is 0.827. The zero-order valence-corrected chi connectivity index (χ0v) is 15.1. The van der Waals surface area contributed by atoms with Gasteiger partial charge in [-0.2, -0.15) is 0 Å². The Morgan fingerprint density at radius 2 is 1.87 bits per heavy atom. The molecule has 0 amide bonds. The highest BCUT2D eigenvalue weighted by Gasteiger charge is 2.20. The second-order valence-electron chi connectivity index (χ2n) is 6.91. The third-order valence-electron chi connectivity index (χ3n) is 4.40. The van der Waals surface area contributed by atoms with E-state index in [1.54, 1.807) is 0 Å². The molecule has 0 unspecified atom stereocenters. The molecule has 0 aromatic heterocycles. The van der Waals surface area contributed by atoms with Crippen LogP contribution in [0.3, 0.4) is 0 Å². The van der Waals surface area contributed by atoms with Gasteiger partial charge in [0.15, 0.2) is 0 Å². The third kappa shape index (κ3) is 5.37. The van der Waals surface area contributed by atoms with Crippen molar-refractivity contribution in [1.82, 2.24) is 9.80 Å². The van der Waals surface area contributed by atoms with Crippen LogP contribution >= 0.6 is 0 Å². The molecule has 1 aliphatic rings. The molecule has 5 heteroatoms. The van der Waals surface area contributed by atoms with Crippen LogP contribution < -0.4 is 15.4 Å². The van der Waals surface area contributed by atoms with Gasteiger partial charge in [-0.1, -0.05) is 6.07 Å². The number of rotatable bonds is 7.